The molecule has 0 spiro atoms. The highest BCUT2D eigenvalue weighted by Crippen LogP contribution is 2.35. The Hall–Kier alpha value is -3.44. The molecule has 34 heavy (non-hydrogen) atoms. The van der Waals surface area contributed by atoms with Crippen LogP contribution in [0.25, 0.3) is 21.7 Å². The molecule has 1 atom stereocenters. The second-order valence-electron chi connectivity index (χ2n) is 7.85. The van der Waals surface area contributed by atoms with Crippen LogP contribution in [0, 0.1) is 11.6 Å². The number of carbonyl (C=O) groups excluding carboxylic acids is 1. The Labute approximate surface area is 193 Å². The van der Waals surface area contributed by atoms with E-state index in [-0.39, 0.29) is 45.6 Å². The van der Waals surface area contributed by atoms with Crippen molar-refractivity contribution >= 4 is 39.2 Å². The molecule has 1 N–H and O–H groups in total. The zero-order valence-electron chi connectivity index (χ0n) is 17.4. The highest BCUT2D eigenvalue weighted by Gasteiger charge is 2.32. The summed E-state index contributed by atoms with van der Waals surface area (Å²) in [5.41, 5.74) is 0.419. The van der Waals surface area contributed by atoms with Gasteiger partial charge in [-0.25, -0.2) is 8.78 Å². The fourth-order valence-corrected chi connectivity index (χ4v) is 4.50. The Morgan fingerprint density at radius 3 is 2.62 bits per heavy atom. The lowest BCUT2D eigenvalue weighted by Crippen LogP contribution is -2.37. The fourth-order valence-electron chi connectivity index (χ4n) is 4.23. The molecule has 4 aromatic rings. The van der Waals surface area contributed by atoms with E-state index in [9.17, 15) is 27.2 Å². The zero-order valence-corrected chi connectivity index (χ0v) is 18.2. The highest BCUT2D eigenvalue weighted by atomic mass is 35.5. The maximum atomic E-state index is 14.1. The number of pyridine rings is 1. The van der Waals surface area contributed by atoms with E-state index in [1.165, 1.54) is 30.1 Å². The number of nitrogens with zero attached hydrogens (tertiary/aromatic N) is 3. The third-order valence-corrected chi connectivity index (χ3v) is 6.27. The molecule has 1 amide bonds. The van der Waals surface area contributed by atoms with E-state index in [0.29, 0.717) is 15.9 Å². The third-order valence-electron chi connectivity index (χ3n) is 5.90. The number of amides is 1. The second kappa shape index (κ2) is 8.10. The van der Waals surface area contributed by atoms with Gasteiger partial charge in [-0.2, -0.15) is 18.6 Å². The maximum Gasteiger partial charge on any atom is 0.334 e. The predicted molar refractivity (Wildman–Crippen MR) is 115 cm³/mol. The molecule has 176 valence electrons. The van der Waals surface area contributed by atoms with Crippen molar-refractivity contribution in [1.82, 2.24) is 19.7 Å². The monoisotopic (exact) mass is 494 g/mol. The number of hydrogen-bond acceptors (Lipinski definition) is 4. The number of nitrogens with one attached hydrogen (secondary N) is 1. The Balaban J connectivity index is 1.58. The Morgan fingerprint density at radius 1 is 1.21 bits per heavy atom. The van der Waals surface area contributed by atoms with Gasteiger partial charge in [0, 0.05) is 29.3 Å². The maximum absolute atomic E-state index is 14.1. The number of H-pyrrole nitrogens is 1. The molecule has 1 aliphatic rings. The molecule has 3 heterocycles. The number of halogens is 5. The first kappa shape index (κ1) is 22.4. The summed E-state index contributed by atoms with van der Waals surface area (Å²) in [6, 6.07) is 5.17. The van der Waals surface area contributed by atoms with E-state index in [4.69, 9.17) is 16.3 Å². The number of rotatable bonds is 3. The molecule has 2 aromatic heterocycles. The molecule has 12 heteroatoms. The highest BCUT2D eigenvalue weighted by molar-refractivity contribution is 6.34. The number of alkyl halides is 2. The van der Waals surface area contributed by atoms with Gasteiger partial charge in [-0.1, -0.05) is 11.6 Å². The lowest BCUT2D eigenvalue weighted by molar-refractivity contribution is 0.0336. The van der Waals surface area contributed by atoms with E-state index in [1.54, 1.807) is 0 Å². The van der Waals surface area contributed by atoms with Crippen molar-refractivity contribution in [2.75, 3.05) is 13.7 Å². The minimum atomic E-state index is -2.95. The van der Waals surface area contributed by atoms with E-state index in [2.05, 4.69) is 10.1 Å². The Kier molecular flexibility index (Phi) is 5.33. The molecule has 0 saturated carbocycles. The van der Waals surface area contributed by atoms with Crippen molar-refractivity contribution in [3.05, 3.63) is 74.3 Å². The Bertz CT molecular complexity index is 1530. The summed E-state index contributed by atoms with van der Waals surface area (Å²) in [6.45, 7) is -2.89. The van der Waals surface area contributed by atoms with E-state index in [0.717, 1.165) is 12.1 Å². The van der Waals surface area contributed by atoms with Gasteiger partial charge in [0.1, 0.15) is 5.15 Å². The number of aromatic amines is 1. The molecule has 0 radical (unpaired) electrons. The average molecular weight is 495 g/mol. The van der Waals surface area contributed by atoms with Gasteiger partial charge in [0.05, 0.1) is 30.2 Å². The third kappa shape index (κ3) is 3.43. The van der Waals surface area contributed by atoms with Crippen LogP contribution < -0.4 is 5.56 Å². The number of hydrogen-bond donors (Lipinski definition) is 1. The van der Waals surface area contributed by atoms with Gasteiger partial charge in [0.15, 0.2) is 11.6 Å². The van der Waals surface area contributed by atoms with Crippen molar-refractivity contribution in [3.8, 4) is 0 Å². The number of fused-ring (bicyclic) bond motifs is 4. The molecule has 0 fully saturated rings. The normalized spacial score (nSPS) is 15.8. The van der Waals surface area contributed by atoms with Crippen LogP contribution in [0.2, 0.25) is 5.15 Å². The Morgan fingerprint density at radius 2 is 1.91 bits per heavy atom. The first-order valence-corrected chi connectivity index (χ1v) is 10.4. The van der Waals surface area contributed by atoms with Crippen molar-refractivity contribution in [2.24, 2.45) is 0 Å². The number of likely N-dealkylation sites (N-methyl/N-ethyl adjacent to an activating group) is 1. The van der Waals surface area contributed by atoms with Gasteiger partial charge in [-0.05, 0) is 35.7 Å². The fraction of sp³-hybridized carbons (Fsp3) is 0.227. The van der Waals surface area contributed by atoms with Crippen LogP contribution in [-0.4, -0.2) is 39.2 Å². The molecule has 5 rings (SSSR count). The van der Waals surface area contributed by atoms with Crippen LogP contribution in [0.5, 0.6) is 0 Å². The minimum Gasteiger partial charge on any atom is -0.373 e. The van der Waals surface area contributed by atoms with Crippen LogP contribution in [0.15, 0.2) is 35.1 Å². The first-order chi connectivity index (χ1) is 16.2. The first-order valence-electron chi connectivity index (χ1n) is 10.0. The van der Waals surface area contributed by atoms with Gasteiger partial charge in [-0.15, -0.1) is 0 Å². The predicted octanol–water partition coefficient (Wildman–Crippen LogP) is 4.55. The summed E-state index contributed by atoms with van der Waals surface area (Å²) in [7, 11) is 1.48. The summed E-state index contributed by atoms with van der Waals surface area (Å²) < 4.78 is 60.0. The minimum absolute atomic E-state index is 0.0214. The molecule has 0 saturated heterocycles. The van der Waals surface area contributed by atoms with Crippen molar-refractivity contribution in [1.29, 1.82) is 0 Å². The van der Waals surface area contributed by atoms with Gasteiger partial charge < -0.3 is 14.6 Å². The standard InChI is InChI=1S/C22H15ClF4N4O3/c1-30(21(33)9-2-3-10-15(4-9)29-31(19(10)23)22(26)27)17-8-34-7-16-18(17)11-5-13(24)14(25)6-12(11)20(32)28-16/h2-6,17,22H,7-8H2,1H3,(H,28,32). The van der Waals surface area contributed by atoms with E-state index < -0.39 is 35.7 Å². The van der Waals surface area contributed by atoms with Gasteiger partial charge in [0.2, 0.25) is 0 Å². The molecule has 1 aliphatic heterocycles. The zero-order chi connectivity index (χ0) is 24.3. The lowest BCUT2D eigenvalue weighted by Gasteiger charge is -2.34. The van der Waals surface area contributed by atoms with Crippen molar-refractivity contribution < 1.29 is 27.1 Å². The lowest BCUT2D eigenvalue weighted by atomic mass is 9.95. The smallest absolute Gasteiger partial charge is 0.334 e. The van der Waals surface area contributed by atoms with Gasteiger partial charge in [0.25, 0.3) is 11.5 Å². The molecule has 1 unspecified atom stereocenters. The SMILES string of the molecule is CN(C(=O)c1ccc2c(Cl)n(C(F)F)nc2c1)C1COCc2[nH]c(=O)c3cc(F)c(F)cc3c21. The second-order valence-corrected chi connectivity index (χ2v) is 8.21. The van der Waals surface area contributed by atoms with Crippen LogP contribution in [0.4, 0.5) is 17.6 Å². The number of ether oxygens (including phenoxy) is 1. The van der Waals surface area contributed by atoms with Gasteiger partial charge >= 0.3 is 6.55 Å². The topological polar surface area (TPSA) is 80.2 Å². The van der Waals surface area contributed by atoms with Gasteiger partial charge in [-0.3, -0.25) is 9.59 Å². The summed E-state index contributed by atoms with van der Waals surface area (Å²) in [6.07, 6.45) is 0. The summed E-state index contributed by atoms with van der Waals surface area (Å²) in [4.78, 5) is 29.6. The summed E-state index contributed by atoms with van der Waals surface area (Å²) in [5.74, 6) is -2.80. The molecule has 2 aromatic carbocycles. The number of benzene rings is 2. The van der Waals surface area contributed by atoms with Crippen LogP contribution >= 0.6 is 11.6 Å². The molecular weight excluding hydrogens is 480 g/mol. The molecule has 7 nitrogen and oxygen atoms in total. The largest absolute Gasteiger partial charge is 0.373 e. The molecule has 0 bridgehead atoms. The number of aromatic nitrogens is 3. The quantitative estimate of drug-likeness (QED) is 0.424. The number of carbonyl (C=O) groups is 1. The van der Waals surface area contributed by atoms with E-state index in [1.807, 2.05) is 0 Å². The van der Waals surface area contributed by atoms with Crippen LogP contribution in [0.1, 0.15) is 34.2 Å². The van der Waals surface area contributed by atoms with Crippen molar-refractivity contribution in [3.63, 3.8) is 0 Å². The van der Waals surface area contributed by atoms with E-state index >= 15 is 0 Å². The van der Waals surface area contributed by atoms with Crippen molar-refractivity contribution in [2.45, 2.75) is 19.2 Å². The molecule has 0 aliphatic carbocycles. The summed E-state index contributed by atoms with van der Waals surface area (Å²) in [5, 5.41) is 3.87. The van der Waals surface area contributed by atoms with Crippen LogP contribution in [-0.2, 0) is 11.3 Å². The summed E-state index contributed by atoms with van der Waals surface area (Å²) >= 11 is 5.94. The average Bonchev–Trinajstić information content (AvgIpc) is 3.15. The molecular formula is C22H15ClF4N4O3. The van der Waals surface area contributed by atoms with Crippen LogP contribution in [0.3, 0.4) is 0 Å².